The number of carbonyl (C=O) groups is 2. The van der Waals surface area contributed by atoms with Crippen LogP contribution in [0.1, 0.15) is 64.7 Å². The molecular formula is C24H39N5O5. The van der Waals surface area contributed by atoms with Gasteiger partial charge in [-0.3, -0.25) is 9.59 Å². The molecule has 0 bridgehead atoms. The molecule has 1 unspecified atom stereocenters. The third-order valence-electron chi connectivity index (χ3n) is 4.34. The van der Waals surface area contributed by atoms with Crippen LogP contribution in [0.4, 0.5) is 0 Å². The van der Waals surface area contributed by atoms with Crippen LogP contribution < -0.4 is 15.4 Å². The second kappa shape index (κ2) is 14.5. The molecule has 0 aliphatic heterocycles. The SMILES string of the molecule is CC(C)(C)CCCNC(=O)c1cccc(OCC(N=[N+]=[N-])OCCOCC(=O)NC(C)(C)C)c1. The highest BCUT2D eigenvalue weighted by molar-refractivity contribution is 5.94. The molecule has 34 heavy (non-hydrogen) atoms. The van der Waals surface area contributed by atoms with Crippen LogP contribution >= 0.6 is 0 Å². The van der Waals surface area contributed by atoms with E-state index in [2.05, 4.69) is 41.4 Å². The van der Waals surface area contributed by atoms with Gasteiger partial charge in [0.2, 0.25) is 5.91 Å². The average Bonchev–Trinajstić information content (AvgIpc) is 2.73. The van der Waals surface area contributed by atoms with Crippen molar-refractivity contribution < 1.29 is 23.8 Å². The van der Waals surface area contributed by atoms with Crippen molar-refractivity contribution in [3.63, 3.8) is 0 Å². The van der Waals surface area contributed by atoms with Gasteiger partial charge < -0.3 is 24.8 Å². The molecule has 0 heterocycles. The van der Waals surface area contributed by atoms with Gasteiger partial charge in [-0.2, -0.15) is 0 Å². The smallest absolute Gasteiger partial charge is 0.251 e. The minimum absolute atomic E-state index is 0.0365. The van der Waals surface area contributed by atoms with Gasteiger partial charge in [-0.25, -0.2) is 0 Å². The van der Waals surface area contributed by atoms with E-state index < -0.39 is 6.23 Å². The molecule has 0 spiro atoms. The number of azide groups is 1. The molecule has 1 aromatic carbocycles. The Kier molecular flexibility index (Phi) is 12.4. The Bertz CT molecular complexity index is 826. The monoisotopic (exact) mass is 477 g/mol. The van der Waals surface area contributed by atoms with Crippen LogP contribution in [-0.4, -0.2) is 56.6 Å². The van der Waals surface area contributed by atoms with Crippen LogP contribution in [0.15, 0.2) is 29.4 Å². The fraction of sp³-hybridized carbons (Fsp3) is 0.667. The average molecular weight is 478 g/mol. The van der Waals surface area contributed by atoms with E-state index in [0.29, 0.717) is 17.9 Å². The van der Waals surface area contributed by atoms with E-state index >= 15 is 0 Å². The molecule has 0 saturated heterocycles. The maximum atomic E-state index is 12.4. The number of hydrogen-bond acceptors (Lipinski definition) is 6. The molecule has 190 valence electrons. The van der Waals surface area contributed by atoms with Gasteiger partial charge in [0.05, 0.1) is 13.2 Å². The van der Waals surface area contributed by atoms with Gasteiger partial charge in [0, 0.05) is 22.6 Å². The second-order valence-electron chi connectivity index (χ2n) is 10.1. The fourth-order valence-electron chi connectivity index (χ4n) is 2.85. The summed E-state index contributed by atoms with van der Waals surface area (Å²) in [7, 11) is 0. The molecule has 1 atom stereocenters. The Balaban J connectivity index is 2.42. The highest BCUT2D eigenvalue weighted by Gasteiger charge is 2.14. The largest absolute Gasteiger partial charge is 0.491 e. The minimum atomic E-state index is -0.883. The van der Waals surface area contributed by atoms with E-state index in [0.717, 1.165) is 12.8 Å². The number of nitrogens with one attached hydrogen (secondary N) is 2. The van der Waals surface area contributed by atoms with Crippen LogP contribution in [0.3, 0.4) is 0 Å². The summed E-state index contributed by atoms with van der Waals surface area (Å²) in [5.41, 5.74) is 9.16. The van der Waals surface area contributed by atoms with E-state index in [1.165, 1.54) is 0 Å². The number of ether oxygens (including phenoxy) is 3. The van der Waals surface area contributed by atoms with Gasteiger partial charge in [-0.1, -0.05) is 32.0 Å². The first-order valence-electron chi connectivity index (χ1n) is 11.5. The van der Waals surface area contributed by atoms with Crippen molar-refractivity contribution in [3.05, 3.63) is 40.3 Å². The van der Waals surface area contributed by atoms with Crippen LogP contribution in [-0.2, 0) is 14.3 Å². The molecule has 2 amide bonds. The zero-order valence-corrected chi connectivity index (χ0v) is 21.2. The molecule has 10 heteroatoms. The molecule has 0 fully saturated rings. The fourth-order valence-corrected chi connectivity index (χ4v) is 2.85. The molecule has 0 aliphatic carbocycles. The lowest BCUT2D eigenvalue weighted by molar-refractivity contribution is -0.128. The first-order chi connectivity index (χ1) is 15.9. The van der Waals surface area contributed by atoms with Gasteiger partial charge in [-0.15, -0.1) is 0 Å². The summed E-state index contributed by atoms with van der Waals surface area (Å²) in [6.07, 6.45) is 1.04. The van der Waals surface area contributed by atoms with E-state index in [9.17, 15) is 9.59 Å². The lowest BCUT2D eigenvalue weighted by Gasteiger charge is -2.20. The number of carbonyl (C=O) groups excluding carboxylic acids is 2. The molecule has 10 nitrogen and oxygen atoms in total. The Morgan fingerprint density at radius 3 is 2.53 bits per heavy atom. The van der Waals surface area contributed by atoms with Crippen LogP contribution in [0.5, 0.6) is 5.75 Å². The minimum Gasteiger partial charge on any atom is -0.491 e. The normalized spacial score (nSPS) is 12.4. The van der Waals surface area contributed by atoms with Gasteiger partial charge >= 0.3 is 0 Å². The van der Waals surface area contributed by atoms with Crippen LogP contribution in [0.25, 0.3) is 10.4 Å². The Labute approximate surface area is 202 Å². The second-order valence-corrected chi connectivity index (χ2v) is 10.1. The molecule has 0 aromatic heterocycles. The molecular weight excluding hydrogens is 438 g/mol. The number of amides is 2. The molecule has 1 rings (SSSR count). The Hall–Kier alpha value is -2.81. The van der Waals surface area contributed by atoms with Crippen molar-refractivity contribution in [1.82, 2.24) is 10.6 Å². The number of nitrogens with zero attached hydrogens (tertiary/aromatic N) is 3. The van der Waals surface area contributed by atoms with Gasteiger partial charge in [0.15, 0.2) is 6.23 Å². The van der Waals surface area contributed by atoms with Crippen molar-refractivity contribution >= 4 is 11.8 Å². The third-order valence-corrected chi connectivity index (χ3v) is 4.34. The standard InChI is InChI=1S/C24H39N5O5/c1-23(2,3)11-8-12-26-22(31)18-9-7-10-19(15-18)34-17-21(28-29-25)33-14-13-32-16-20(30)27-24(4,5)6/h7,9-10,15,21H,8,11-14,16-17H2,1-6H3,(H,26,31)(H,27,30). The third kappa shape index (κ3) is 14.4. The highest BCUT2D eigenvalue weighted by Crippen LogP contribution is 2.20. The molecule has 1 aromatic rings. The van der Waals surface area contributed by atoms with Crippen molar-refractivity contribution in [2.24, 2.45) is 10.5 Å². The summed E-state index contributed by atoms with van der Waals surface area (Å²) in [5, 5.41) is 9.27. The lowest BCUT2D eigenvalue weighted by Crippen LogP contribution is -2.42. The molecule has 2 N–H and O–H groups in total. The van der Waals surface area contributed by atoms with E-state index in [1.54, 1.807) is 24.3 Å². The first-order valence-corrected chi connectivity index (χ1v) is 11.5. The predicted molar refractivity (Wildman–Crippen MR) is 131 cm³/mol. The number of hydrogen-bond donors (Lipinski definition) is 2. The zero-order valence-electron chi connectivity index (χ0n) is 21.2. The number of benzene rings is 1. The molecule has 0 aliphatic rings. The molecule has 0 radical (unpaired) electrons. The van der Waals surface area contributed by atoms with E-state index in [4.69, 9.17) is 19.7 Å². The van der Waals surface area contributed by atoms with Crippen molar-refractivity contribution in [3.8, 4) is 5.75 Å². The maximum absolute atomic E-state index is 12.4. The van der Waals surface area contributed by atoms with E-state index in [-0.39, 0.29) is 49.2 Å². The van der Waals surface area contributed by atoms with Gasteiger partial charge in [0.25, 0.3) is 5.91 Å². The zero-order chi connectivity index (χ0) is 25.6. The summed E-state index contributed by atoms with van der Waals surface area (Å²) in [6.45, 7) is 12.9. The molecule has 0 saturated carbocycles. The van der Waals surface area contributed by atoms with E-state index in [1.807, 2.05) is 20.8 Å². The number of rotatable bonds is 14. The Morgan fingerprint density at radius 2 is 1.88 bits per heavy atom. The van der Waals surface area contributed by atoms with Gasteiger partial charge in [0.1, 0.15) is 19.0 Å². The van der Waals surface area contributed by atoms with Gasteiger partial charge in [-0.05, 0) is 62.8 Å². The maximum Gasteiger partial charge on any atom is 0.251 e. The summed E-state index contributed by atoms with van der Waals surface area (Å²) in [4.78, 5) is 26.9. The lowest BCUT2D eigenvalue weighted by atomic mass is 9.91. The van der Waals surface area contributed by atoms with Crippen molar-refractivity contribution in [1.29, 1.82) is 0 Å². The highest BCUT2D eigenvalue weighted by atomic mass is 16.6. The van der Waals surface area contributed by atoms with Crippen molar-refractivity contribution in [2.45, 2.75) is 66.2 Å². The first kappa shape index (κ1) is 29.2. The van der Waals surface area contributed by atoms with Crippen LogP contribution in [0, 0.1) is 5.41 Å². The topological polar surface area (TPSA) is 135 Å². The van der Waals surface area contributed by atoms with Crippen molar-refractivity contribution in [2.75, 3.05) is 33.0 Å². The summed E-state index contributed by atoms with van der Waals surface area (Å²) >= 11 is 0. The quantitative estimate of drug-likeness (QED) is 0.179. The Morgan fingerprint density at radius 1 is 1.15 bits per heavy atom. The summed E-state index contributed by atoms with van der Waals surface area (Å²) in [5.74, 6) is 0.0644. The van der Waals surface area contributed by atoms with Crippen LogP contribution in [0.2, 0.25) is 0 Å². The summed E-state index contributed by atoms with van der Waals surface area (Å²) < 4.78 is 16.4. The summed E-state index contributed by atoms with van der Waals surface area (Å²) in [6, 6.07) is 6.77. The predicted octanol–water partition coefficient (Wildman–Crippen LogP) is 4.21.